The maximum absolute atomic E-state index is 13.2. The number of halogens is 1. The summed E-state index contributed by atoms with van der Waals surface area (Å²) in [5.41, 5.74) is 8.01. The minimum Gasteiger partial charge on any atom is -0.492 e. The fourth-order valence-electron chi connectivity index (χ4n) is 7.64. The molecule has 1 fully saturated rings. The van der Waals surface area contributed by atoms with Gasteiger partial charge in [-0.1, -0.05) is 35.9 Å². The molecule has 0 spiro atoms. The van der Waals surface area contributed by atoms with Crippen molar-refractivity contribution in [1.29, 1.82) is 0 Å². The number of benzene rings is 2. The molecule has 8 rings (SSSR count). The Hall–Kier alpha value is -5.20. The lowest BCUT2D eigenvalue weighted by atomic mass is 9.98. The van der Waals surface area contributed by atoms with E-state index in [9.17, 15) is 14.4 Å². The van der Waals surface area contributed by atoms with Gasteiger partial charge in [0.25, 0.3) is 5.91 Å². The second kappa shape index (κ2) is 14.9. The maximum Gasteiger partial charge on any atom is 0.255 e. The van der Waals surface area contributed by atoms with Crippen LogP contribution in [0.5, 0.6) is 5.75 Å². The van der Waals surface area contributed by atoms with Gasteiger partial charge in [0.15, 0.2) is 5.82 Å². The minimum atomic E-state index is -0.611. The average molecular weight is 762 g/mol. The minimum absolute atomic E-state index is 0.145. The highest BCUT2D eigenvalue weighted by Gasteiger charge is 2.39. The number of aliphatic imine (C=N–C) groups is 1. The van der Waals surface area contributed by atoms with Gasteiger partial charge in [0, 0.05) is 45.2 Å². The van der Waals surface area contributed by atoms with Crippen LogP contribution in [-0.4, -0.2) is 60.7 Å². The van der Waals surface area contributed by atoms with Crippen molar-refractivity contribution in [3.8, 4) is 10.8 Å². The molecule has 0 radical (unpaired) electrons. The molecule has 1 N–H and O–H groups in total. The van der Waals surface area contributed by atoms with E-state index >= 15 is 0 Å². The molecule has 3 aliphatic rings. The predicted molar refractivity (Wildman–Crippen MR) is 207 cm³/mol. The molecule has 54 heavy (non-hydrogen) atoms. The van der Waals surface area contributed by atoms with Crippen molar-refractivity contribution < 1.29 is 19.1 Å². The highest BCUT2D eigenvalue weighted by atomic mass is 35.5. The molecule has 2 aromatic carbocycles. The van der Waals surface area contributed by atoms with Gasteiger partial charge in [0.2, 0.25) is 11.8 Å². The fraction of sp³-hybridized carbons (Fsp3) is 0.341. The number of pyridine rings is 1. The summed E-state index contributed by atoms with van der Waals surface area (Å²) in [6, 6.07) is 16.9. The van der Waals surface area contributed by atoms with E-state index in [0.29, 0.717) is 30.2 Å². The molecule has 3 aliphatic heterocycles. The number of piperidine rings is 1. The first kappa shape index (κ1) is 35.8. The van der Waals surface area contributed by atoms with Crippen molar-refractivity contribution >= 4 is 46.4 Å². The Balaban J connectivity index is 0.870. The predicted octanol–water partition coefficient (Wildman–Crippen LogP) is 6.85. The van der Waals surface area contributed by atoms with Crippen LogP contribution in [0.25, 0.3) is 5.00 Å². The number of carbonyl (C=O) groups excluding carboxylic acids is 3. The topological polar surface area (TPSA) is 132 Å². The molecule has 2 atom stereocenters. The number of fused-ring (bicyclic) bond motifs is 4. The summed E-state index contributed by atoms with van der Waals surface area (Å²) in [5.74, 6) is 1.59. The molecule has 3 aromatic heterocycles. The number of aryl methyl sites for hydroxylation is 4. The zero-order chi connectivity index (χ0) is 37.5. The number of nitrogens with one attached hydrogen (secondary N) is 1. The van der Waals surface area contributed by atoms with E-state index in [4.69, 9.17) is 26.3 Å². The largest absolute Gasteiger partial charge is 0.492 e. The molecule has 11 nitrogen and oxygen atoms in total. The third-order valence-corrected chi connectivity index (χ3v) is 12.1. The summed E-state index contributed by atoms with van der Waals surface area (Å²) >= 11 is 8.01. The Bertz CT molecular complexity index is 2300. The van der Waals surface area contributed by atoms with Crippen molar-refractivity contribution in [2.24, 2.45) is 4.99 Å². The van der Waals surface area contributed by atoms with Crippen LogP contribution in [0, 0.1) is 13.8 Å². The molecule has 0 saturated carbocycles. The van der Waals surface area contributed by atoms with Crippen LogP contribution in [0.3, 0.4) is 0 Å². The van der Waals surface area contributed by atoms with Gasteiger partial charge in [-0.3, -0.25) is 34.2 Å². The molecule has 0 aliphatic carbocycles. The Morgan fingerprint density at radius 2 is 1.81 bits per heavy atom. The third kappa shape index (κ3) is 6.84. The molecule has 13 heteroatoms. The van der Waals surface area contributed by atoms with Gasteiger partial charge >= 0.3 is 0 Å². The first-order valence-electron chi connectivity index (χ1n) is 18.4. The summed E-state index contributed by atoms with van der Waals surface area (Å²) in [7, 11) is 0. The zero-order valence-electron chi connectivity index (χ0n) is 30.4. The SMILES string of the molecule is Cc1c(CCc2ccc(OCCCCc3cccc4c3CN(C3CCC(=O)NC3=O)C4=O)cn2)sc2c1C(c1ccc(Cl)cc1)=N[C@@H](C)c1nnc(C)n1-2. The molecule has 0 bridgehead atoms. The van der Waals surface area contributed by atoms with Gasteiger partial charge in [0.1, 0.15) is 28.7 Å². The van der Waals surface area contributed by atoms with Crippen LogP contribution in [0.2, 0.25) is 5.02 Å². The second-order valence-electron chi connectivity index (χ2n) is 14.1. The summed E-state index contributed by atoms with van der Waals surface area (Å²) in [6.45, 7) is 7.16. The van der Waals surface area contributed by atoms with Gasteiger partial charge in [-0.05, 0) is 106 Å². The number of unbranched alkanes of at least 4 members (excludes halogenated alkanes) is 1. The number of rotatable bonds is 11. The van der Waals surface area contributed by atoms with E-state index in [1.165, 1.54) is 10.4 Å². The Labute approximate surface area is 322 Å². The molecule has 276 valence electrons. The Morgan fingerprint density at radius 1 is 0.981 bits per heavy atom. The lowest BCUT2D eigenvalue weighted by molar-refractivity contribution is -0.136. The summed E-state index contributed by atoms with van der Waals surface area (Å²) in [4.78, 5) is 50.0. The lowest BCUT2D eigenvalue weighted by Crippen LogP contribution is -2.52. The number of nitrogens with zero attached hydrogens (tertiary/aromatic N) is 6. The maximum atomic E-state index is 13.2. The van der Waals surface area contributed by atoms with Crippen LogP contribution >= 0.6 is 22.9 Å². The number of carbonyl (C=O) groups is 3. The van der Waals surface area contributed by atoms with Crippen LogP contribution < -0.4 is 10.1 Å². The number of aromatic nitrogens is 4. The van der Waals surface area contributed by atoms with Gasteiger partial charge in [-0.2, -0.15) is 0 Å². The van der Waals surface area contributed by atoms with Crippen molar-refractivity contribution in [3.05, 3.63) is 121 Å². The Morgan fingerprint density at radius 3 is 2.59 bits per heavy atom. The Kier molecular flexibility index (Phi) is 9.89. The summed E-state index contributed by atoms with van der Waals surface area (Å²) < 4.78 is 8.21. The van der Waals surface area contributed by atoms with Gasteiger partial charge in [0.05, 0.1) is 18.5 Å². The number of hydrogen-bond acceptors (Lipinski definition) is 9. The zero-order valence-corrected chi connectivity index (χ0v) is 32.0. The second-order valence-corrected chi connectivity index (χ2v) is 15.6. The van der Waals surface area contributed by atoms with E-state index in [1.54, 1.807) is 22.4 Å². The van der Waals surface area contributed by atoms with Crippen molar-refractivity contribution in [1.82, 2.24) is 30.0 Å². The lowest BCUT2D eigenvalue weighted by Gasteiger charge is -2.29. The monoisotopic (exact) mass is 761 g/mol. The average Bonchev–Trinajstić information content (AvgIpc) is 3.79. The van der Waals surface area contributed by atoms with Crippen LogP contribution in [-0.2, 0) is 35.4 Å². The number of hydrogen-bond donors (Lipinski definition) is 1. The van der Waals surface area contributed by atoms with E-state index < -0.39 is 11.9 Å². The standard InChI is InChI=1S/C41H40ClN7O4S/c1-23-34(54-41-36(23)37(27-10-12-28(42)13-11-27)44-24(2)38-47-46-25(3)49(38)41)18-15-29-14-16-30(21-43-29)53-20-5-4-7-26-8-6-9-31-32(26)22-48(40(31)52)33-17-19-35(50)45-39(33)51/h6,8-14,16,21,24,33H,4-5,7,15,17-20,22H2,1-3H3,(H,45,50,51)/t24-,33?/m0/s1. The highest BCUT2D eigenvalue weighted by molar-refractivity contribution is 7.15. The van der Waals surface area contributed by atoms with E-state index in [0.717, 1.165) is 88.2 Å². The van der Waals surface area contributed by atoms with Crippen LogP contribution in [0.15, 0.2) is 65.8 Å². The summed E-state index contributed by atoms with van der Waals surface area (Å²) in [6.07, 6.45) is 6.54. The molecular weight excluding hydrogens is 722 g/mol. The van der Waals surface area contributed by atoms with Gasteiger partial charge < -0.3 is 9.64 Å². The molecule has 1 unspecified atom stereocenters. The fourth-order valence-corrected chi connectivity index (χ4v) is 9.13. The molecular formula is C41H40ClN7O4S. The number of ether oxygens (including phenoxy) is 1. The van der Waals surface area contributed by atoms with Gasteiger partial charge in [-0.25, -0.2) is 0 Å². The number of imide groups is 1. The molecule has 1 saturated heterocycles. The smallest absolute Gasteiger partial charge is 0.255 e. The summed E-state index contributed by atoms with van der Waals surface area (Å²) in [5, 5.41) is 13.0. The highest BCUT2D eigenvalue weighted by Crippen LogP contribution is 2.39. The molecule has 6 heterocycles. The van der Waals surface area contributed by atoms with E-state index in [-0.39, 0.29) is 24.3 Å². The normalized spacial score (nSPS) is 17.8. The van der Waals surface area contributed by atoms with Gasteiger partial charge in [-0.15, -0.1) is 21.5 Å². The molecule has 3 amide bonds. The van der Waals surface area contributed by atoms with Crippen LogP contribution in [0.1, 0.15) is 99.0 Å². The van der Waals surface area contributed by atoms with Crippen molar-refractivity contribution in [3.63, 3.8) is 0 Å². The third-order valence-electron chi connectivity index (χ3n) is 10.5. The van der Waals surface area contributed by atoms with Crippen molar-refractivity contribution in [2.45, 2.75) is 84.3 Å². The number of amides is 3. The van der Waals surface area contributed by atoms with E-state index in [1.807, 2.05) is 55.5 Å². The van der Waals surface area contributed by atoms with Crippen molar-refractivity contribution in [2.75, 3.05) is 6.61 Å². The first-order valence-corrected chi connectivity index (χ1v) is 19.6. The van der Waals surface area contributed by atoms with Crippen LogP contribution in [0.4, 0.5) is 0 Å². The quantitative estimate of drug-likeness (QED) is 0.115. The molecule has 5 aromatic rings. The first-order chi connectivity index (χ1) is 26.2. The van der Waals surface area contributed by atoms with E-state index in [2.05, 4.69) is 40.0 Å². The number of thiophene rings is 1.